The Morgan fingerprint density at radius 1 is 1.33 bits per heavy atom. The molecule has 1 fully saturated rings. The molecule has 3 heteroatoms. The summed E-state index contributed by atoms with van der Waals surface area (Å²) < 4.78 is 2.79. The molecular weight excluding hydrogens is 206 g/mol. The monoisotopic (exact) mass is 221 g/mol. The minimum absolute atomic E-state index is 0.506. The standard InChI is InChI=1S/C12H15NOS/c14-9-10-5-4-8-13(12(10)15)11-6-2-1-3-7-11/h4-5,8-9,11H,1-3,6-7H2. The summed E-state index contributed by atoms with van der Waals surface area (Å²) in [4.78, 5) is 10.8. The Morgan fingerprint density at radius 3 is 2.73 bits per heavy atom. The fourth-order valence-electron chi connectivity index (χ4n) is 2.26. The highest BCUT2D eigenvalue weighted by Gasteiger charge is 2.15. The van der Waals surface area contributed by atoms with Gasteiger partial charge in [0, 0.05) is 17.8 Å². The van der Waals surface area contributed by atoms with Gasteiger partial charge >= 0.3 is 0 Å². The fraction of sp³-hybridized carbons (Fsp3) is 0.500. The molecule has 15 heavy (non-hydrogen) atoms. The van der Waals surface area contributed by atoms with E-state index >= 15 is 0 Å². The number of rotatable bonds is 2. The smallest absolute Gasteiger partial charge is 0.153 e. The molecule has 0 N–H and O–H groups in total. The van der Waals surface area contributed by atoms with Crippen molar-refractivity contribution in [3.8, 4) is 0 Å². The molecular formula is C12H15NOS. The molecule has 2 rings (SSSR count). The van der Waals surface area contributed by atoms with Gasteiger partial charge in [0.1, 0.15) is 4.64 Å². The zero-order valence-corrected chi connectivity index (χ0v) is 9.50. The van der Waals surface area contributed by atoms with Crippen molar-refractivity contribution in [3.05, 3.63) is 28.5 Å². The third-order valence-corrected chi connectivity index (χ3v) is 3.55. The zero-order valence-electron chi connectivity index (χ0n) is 8.69. The first kappa shape index (κ1) is 10.6. The van der Waals surface area contributed by atoms with Gasteiger partial charge in [-0.1, -0.05) is 31.5 Å². The maximum Gasteiger partial charge on any atom is 0.153 e. The van der Waals surface area contributed by atoms with Gasteiger partial charge in [-0.3, -0.25) is 4.79 Å². The zero-order chi connectivity index (χ0) is 10.7. The van der Waals surface area contributed by atoms with Gasteiger partial charge in [-0.25, -0.2) is 0 Å². The van der Waals surface area contributed by atoms with Crippen LogP contribution in [0.5, 0.6) is 0 Å². The molecule has 0 spiro atoms. The Balaban J connectivity index is 2.34. The predicted molar refractivity (Wildman–Crippen MR) is 62.8 cm³/mol. The van der Waals surface area contributed by atoms with Gasteiger partial charge in [0.25, 0.3) is 0 Å². The lowest BCUT2D eigenvalue weighted by molar-refractivity contribution is 0.112. The second-order valence-electron chi connectivity index (χ2n) is 4.09. The number of carbonyl (C=O) groups excluding carboxylic acids is 1. The maximum atomic E-state index is 10.8. The highest BCUT2D eigenvalue weighted by Crippen LogP contribution is 2.28. The number of aromatic nitrogens is 1. The molecule has 1 aliphatic rings. The number of hydrogen-bond acceptors (Lipinski definition) is 2. The third-order valence-electron chi connectivity index (χ3n) is 3.10. The van der Waals surface area contributed by atoms with Crippen LogP contribution in [0.3, 0.4) is 0 Å². The van der Waals surface area contributed by atoms with E-state index in [9.17, 15) is 4.79 Å². The summed E-state index contributed by atoms with van der Waals surface area (Å²) in [7, 11) is 0. The minimum Gasteiger partial charge on any atom is -0.336 e. The number of carbonyl (C=O) groups is 1. The van der Waals surface area contributed by atoms with E-state index in [-0.39, 0.29) is 0 Å². The van der Waals surface area contributed by atoms with Crippen molar-refractivity contribution in [2.75, 3.05) is 0 Å². The van der Waals surface area contributed by atoms with E-state index in [4.69, 9.17) is 12.2 Å². The molecule has 0 aromatic carbocycles. The maximum absolute atomic E-state index is 10.8. The van der Waals surface area contributed by atoms with Crippen LogP contribution >= 0.6 is 12.2 Å². The molecule has 2 nitrogen and oxygen atoms in total. The van der Waals surface area contributed by atoms with Crippen molar-refractivity contribution in [3.63, 3.8) is 0 Å². The summed E-state index contributed by atoms with van der Waals surface area (Å²) in [6, 6.07) is 4.20. The summed E-state index contributed by atoms with van der Waals surface area (Å²) in [5.74, 6) is 0. The largest absolute Gasteiger partial charge is 0.336 e. The van der Waals surface area contributed by atoms with Gasteiger partial charge < -0.3 is 4.57 Å². The SMILES string of the molecule is O=Cc1cccn(C2CCCCC2)c1=S. The summed E-state index contributed by atoms with van der Waals surface area (Å²) in [6.07, 6.45) is 9.12. The van der Waals surface area contributed by atoms with E-state index in [1.807, 2.05) is 12.3 Å². The van der Waals surface area contributed by atoms with Crippen LogP contribution in [-0.2, 0) is 0 Å². The molecule has 0 atom stereocenters. The van der Waals surface area contributed by atoms with Gasteiger partial charge in [-0.2, -0.15) is 0 Å². The van der Waals surface area contributed by atoms with E-state index in [1.54, 1.807) is 6.07 Å². The lowest BCUT2D eigenvalue weighted by atomic mass is 9.95. The lowest BCUT2D eigenvalue weighted by Gasteiger charge is -2.24. The Bertz CT molecular complexity index is 404. The Morgan fingerprint density at radius 2 is 2.07 bits per heavy atom. The molecule has 0 unspecified atom stereocenters. The molecule has 1 aromatic rings. The van der Waals surface area contributed by atoms with E-state index in [0.717, 1.165) is 6.29 Å². The molecule has 1 aromatic heterocycles. The normalized spacial score (nSPS) is 17.6. The molecule has 0 saturated heterocycles. The topological polar surface area (TPSA) is 22.0 Å². The molecule has 1 aliphatic carbocycles. The summed E-state index contributed by atoms with van der Waals surface area (Å²) >= 11 is 5.30. The van der Waals surface area contributed by atoms with E-state index in [0.29, 0.717) is 16.2 Å². The van der Waals surface area contributed by atoms with Crippen LogP contribution in [0.4, 0.5) is 0 Å². The Hall–Kier alpha value is -0.960. The second-order valence-corrected chi connectivity index (χ2v) is 4.47. The van der Waals surface area contributed by atoms with Crippen LogP contribution in [0.2, 0.25) is 0 Å². The first-order chi connectivity index (χ1) is 7.33. The van der Waals surface area contributed by atoms with E-state index < -0.39 is 0 Å². The number of pyridine rings is 1. The van der Waals surface area contributed by atoms with Crippen molar-refractivity contribution in [1.82, 2.24) is 4.57 Å². The Labute approximate surface area is 94.9 Å². The van der Waals surface area contributed by atoms with Crippen molar-refractivity contribution in [1.29, 1.82) is 0 Å². The van der Waals surface area contributed by atoms with Crippen molar-refractivity contribution in [2.24, 2.45) is 0 Å². The summed E-state index contributed by atoms with van der Waals surface area (Å²) in [6.45, 7) is 0. The van der Waals surface area contributed by atoms with Gasteiger partial charge in [-0.05, 0) is 25.0 Å². The average molecular weight is 221 g/mol. The van der Waals surface area contributed by atoms with Crippen LogP contribution in [0.15, 0.2) is 18.3 Å². The first-order valence-corrected chi connectivity index (χ1v) is 5.90. The van der Waals surface area contributed by atoms with Gasteiger partial charge in [-0.15, -0.1) is 0 Å². The molecule has 1 saturated carbocycles. The van der Waals surface area contributed by atoms with Crippen molar-refractivity contribution in [2.45, 2.75) is 38.1 Å². The van der Waals surface area contributed by atoms with Gasteiger partial charge in [0.15, 0.2) is 6.29 Å². The second kappa shape index (κ2) is 4.71. The van der Waals surface area contributed by atoms with Crippen LogP contribution in [0.1, 0.15) is 48.5 Å². The Kier molecular flexibility index (Phi) is 3.31. The van der Waals surface area contributed by atoms with Gasteiger partial charge in [0.05, 0.1) is 0 Å². The van der Waals surface area contributed by atoms with Crippen LogP contribution in [0.25, 0.3) is 0 Å². The van der Waals surface area contributed by atoms with Crippen molar-refractivity contribution < 1.29 is 4.79 Å². The minimum atomic E-state index is 0.506. The van der Waals surface area contributed by atoms with Crippen molar-refractivity contribution >= 4 is 18.5 Å². The first-order valence-electron chi connectivity index (χ1n) is 5.49. The van der Waals surface area contributed by atoms with E-state index in [2.05, 4.69) is 4.57 Å². The van der Waals surface area contributed by atoms with E-state index in [1.165, 1.54) is 32.1 Å². The fourth-order valence-corrected chi connectivity index (χ4v) is 2.59. The highest BCUT2D eigenvalue weighted by atomic mass is 32.1. The quantitative estimate of drug-likeness (QED) is 0.563. The number of aldehydes is 1. The third kappa shape index (κ3) is 2.17. The summed E-state index contributed by atoms with van der Waals surface area (Å²) in [5.41, 5.74) is 0.637. The highest BCUT2D eigenvalue weighted by molar-refractivity contribution is 7.71. The van der Waals surface area contributed by atoms with Crippen LogP contribution < -0.4 is 0 Å². The molecule has 0 radical (unpaired) electrons. The van der Waals surface area contributed by atoms with Gasteiger partial charge in [0.2, 0.25) is 0 Å². The molecule has 1 heterocycles. The molecule has 0 amide bonds. The number of hydrogen-bond donors (Lipinski definition) is 0. The lowest BCUT2D eigenvalue weighted by Crippen LogP contribution is -2.14. The molecule has 0 bridgehead atoms. The summed E-state index contributed by atoms with van der Waals surface area (Å²) in [5, 5.41) is 0. The number of nitrogens with zero attached hydrogens (tertiary/aromatic N) is 1. The van der Waals surface area contributed by atoms with Crippen LogP contribution in [-0.4, -0.2) is 10.9 Å². The predicted octanol–water partition coefficient (Wildman–Crippen LogP) is 3.54. The average Bonchev–Trinajstić information content (AvgIpc) is 2.30. The molecule has 0 aliphatic heterocycles. The van der Waals surface area contributed by atoms with Crippen LogP contribution in [0, 0.1) is 4.64 Å². The molecule has 80 valence electrons.